The summed E-state index contributed by atoms with van der Waals surface area (Å²) >= 11 is 3.63. The van der Waals surface area contributed by atoms with Gasteiger partial charge < -0.3 is 9.30 Å². The Morgan fingerprint density at radius 2 is 1.89 bits per heavy atom. The molecule has 0 aliphatic heterocycles. The Bertz CT molecular complexity index is 1210. The zero-order valence-corrected chi connectivity index (χ0v) is 17.2. The number of rotatable bonds is 4. The van der Waals surface area contributed by atoms with Gasteiger partial charge in [0.25, 0.3) is 0 Å². The lowest BCUT2D eigenvalue weighted by Gasteiger charge is -2.09. The van der Waals surface area contributed by atoms with Crippen LogP contribution in [0.15, 0.2) is 70.1 Å². The second kappa shape index (κ2) is 7.60. The molecule has 3 aromatic carbocycles. The summed E-state index contributed by atoms with van der Waals surface area (Å²) in [6.45, 7) is 0.699. The average molecular weight is 435 g/mol. The van der Waals surface area contributed by atoms with Gasteiger partial charge in [-0.05, 0) is 29.8 Å². The SMILES string of the molecule is CN=Cc1cc(Br)cc2c1c1ccc(C(=O)OC)cc1n2Cc1ccccc1. The largest absolute Gasteiger partial charge is 0.465 e. The first kappa shape index (κ1) is 18.4. The van der Waals surface area contributed by atoms with Crippen LogP contribution >= 0.6 is 15.9 Å². The minimum Gasteiger partial charge on any atom is -0.465 e. The van der Waals surface area contributed by atoms with Crippen molar-refractivity contribution in [2.75, 3.05) is 14.2 Å². The molecule has 140 valence electrons. The highest BCUT2D eigenvalue weighted by Gasteiger charge is 2.17. The third kappa shape index (κ3) is 3.22. The first-order valence-corrected chi connectivity index (χ1v) is 9.71. The van der Waals surface area contributed by atoms with Crippen LogP contribution in [0.25, 0.3) is 21.8 Å². The van der Waals surface area contributed by atoms with Crippen molar-refractivity contribution in [1.29, 1.82) is 0 Å². The topological polar surface area (TPSA) is 43.6 Å². The summed E-state index contributed by atoms with van der Waals surface area (Å²) in [4.78, 5) is 16.3. The van der Waals surface area contributed by atoms with E-state index in [1.54, 1.807) is 7.05 Å². The molecule has 1 aromatic heterocycles. The van der Waals surface area contributed by atoms with Crippen molar-refractivity contribution in [3.8, 4) is 0 Å². The number of halogens is 1. The lowest BCUT2D eigenvalue weighted by molar-refractivity contribution is 0.0601. The van der Waals surface area contributed by atoms with E-state index in [0.29, 0.717) is 12.1 Å². The predicted octanol–water partition coefficient (Wildman–Crippen LogP) is 5.44. The van der Waals surface area contributed by atoms with Gasteiger partial charge in [0.2, 0.25) is 0 Å². The molecule has 4 rings (SSSR count). The fraction of sp³-hybridized carbons (Fsp3) is 0.130. The highest BCUT2D eigenvalue weighted by atomic mass is 79.9. The van der Waals surface area contributed by atoms with Gasteiger partial charge in [-0.2, -0.15) is 0 Å². The molecule has 4 nitrogen and oxygen atoms in total. The Labute approximate surface area is 171 Å². The van der Waals surface area contributed by atoms with E-state index in [0.717, 1.165) is 31.8 Å². The molecule has 0 N–H and O–H groups in total. The number of carbonyl (C=O) groups is 1. The number of esters is 1. The lowest BCUT2D eigenvalue weighted by atomic mass is 10.1. The number of hydrogen-bond donors (Lipinski definition) is 0. The summed E-state index contributed by atoms with van der Waals surface area (Å²) in [6, 6.07) is 20.2. The van der Waals surface area contributed by atoms with Crippen molar-refractivity contribution in [3.05, 3.63) is 81.8 Å². The van der Waals surface area contributed by atoms with Gasteiger partial charge >= 0.3 is 5.97 Å². The van der Waals surface area contributed by atoms with Gasteiger partial charge in [-0.1, -0.05) is 52.3 Å². The molecule has 0 radical (unpaired) electrons. The molecule has 0 aliphatic rings. The standard InChI is InChI=1S/C23H19BrN2O2/c1-25-13-17-10-18(24)12-21-22(17)19-9-8-16(23(27)28-2)11-20(19)26(21)14-15-6-4-3-5-7-15/h3-13H,14H2,1-2H3. The number of benzene rings is 3. The third-order valence-corrected chi connectivity index (χ3v) is 5.29. The van der Waals surface area contributed by atoms with Crippen molar-refractivity contribution in [2.45, 2.75) is 6.54 Å². The van der Waals surface area contributed by atoms with Gasteiger partial charge in [-0.15, -0.1) is 0 Å². The second-order valence-corrected chi connectivity index (χ2v) is 7.49. The maximum absolute atomic E-state index is 12.1. The Balaban J connectivity index is 2.07. The van der Waals surface area contributed by atoms with Crippen molar-refractivity contribution < 1.29 is 9.53 Å². The van der Waals surface area contributed by atoms with Crippen LogP contribution in [0.1, 0.15) is 21.5 Å². The van der Waals surface area contributed by atoms with Crippen LogP contribution in [0.5, 0.6) is 0 Å². The average Bonchev–Trinajstić information content (AvgIpc) is 3.01. The Hall–Kier alpha value is -2.92. The van der Waals surface area contributed by atoms with Crippen LogP contribution in [-0.2, 0) is 11.3 Å². The van der Waals surface area contributed by atoms with E-state index in [9.17, 15) is 4.79 Å². The third-order valence-electron chi connectivity index (χ3n) is 4.83. The van der Waals surface area contributed by atoms with Gasteiger partial charge in [0.1, 0.15) is 0 Å². The summed E-state index contributed by atoms with van der Waals surface area (Å²) in [5, 5.41) is 2.21. The summed E-state index contributed by atoms with van der Waals surface area (Å²) in [5.41, 5.74) is 4.85. The van der Waals surface area contributed by atoms with E-state index in [2.05, 4.69) is 49.8 Å². The second-order valence-electron chi connectivity index (χ2n) is 6.57. The molecule has 0 aliphatic carbocycles. The van der Waals surface area contributed by atoms with Crippen LogP contribution in [0.2, 0.25) is 0 Å². The molecular weight excluding hydrogens is 416 g/mol. The predicted molar refractivity (Wildman–Crippen MR) is 118 cm³/mol. The monoisotopic (exact) mass is 434 g/mol. The number of aliphatic imine (C=N–C) groups is 1. The molecule has 1 heterocycles. The van der Waals surface area contributed by atoms with Crippen molar-refractivity contribution in [3.63, 3.8) is 0 Å². The minimum atomic E-state index is -0.338. The highest BCUT2D eigenvalue weighted by Crippen LogP contribution is 2.34. The first-order valence-electron chi connectivity index (χ1n) is 8.92. The first-order chi connectivity index (χ1) is 13.6. The van der Waals surface area contributed by atoms with Crippen LogP contribution in [-0.4, -0.2) is 30.9 Å². The van der Waals surface area contributed by atoms with Gasteiger partial charge in [0.15, 0.2) is 0 Å². The number of ether oxygens (including phenoxy) is 1. The molecule has 0 spiro atoms. The van der Waals surface area contributed by atoms with E-state index in [-0.39, 0.29) is 5.97 Å². The molecule has 0 saturated heterocycles. The molecule has 0 amide bonds. The molecule has 0 fully saturated rings. The number of aromatic nitrogens is 1. The maximum Gasteiger partial charge on any atom is 0.337 e. The Morgan fingerprint density at radius 3 is 2.61 bits per heavy atom. The summed E-state index contributed by atoms with van der Waals surface area (Å²) in [7, 11) is 3.17. The molecule has 28 heavy (non-hydrogen) atoms. The van der Waals surface area contributed by atoms with Crippen LogP contribution in [0, 0.1) is 0 Å². The van der Waals surface area contributed by atoms with Crippen LogP contribution in [0.3, 0.4) is 0 Å². The zero-order chi connectivity index (χ0) is 19.7. The summed E-state index contributed by atoms with van der Waals surface area (Å²) in [5.74, 6) is -0.338. The van der Waals surface area contributed by atoms with E-state index < -0.39 is 0 Å². The van der Waals surface area contributed by atoms with Gasteiger partial charge in [0.05, 0.1) is 23.7 Å². The highest BCUT2D eigenvalue weighted by molar-refractivity contribution is 9.10. The molecular formula is C23H19BrN2O2. The number of carbonyl (C=O) groups excluding carboxylic acids is 1. The molecule has 0 bridgehead atoms. The quantitative estimate of drug-likeness (QED) is 0.317. The fourth-order valence-corrected chi connectivity index (χ4v) is 4.10. The number of nitrogens with zero attached hydrogens (tertiary/aromatic N) is 2. The van der Waals surface area contributed by atoms with E-state index in [1.807, 2.05) is 42.6 Å². The van der Waals surface area contributed by atoms with E-state index in [1.165, 1.54) is 12.7 Å². The number of methoxy groups -OCH3 is 1. The van der Waals surface area contributed by atoms with Gasteiger partial charge in [-0.3, -0.25) is 4.99 Å². The normalized spacial score (nSPS) is 11.5. The Kier molecular flexibility index (Phi) is 5.01. The molecule has 4 aromatic rings. The van der Waals surface area contributed by atoms with Crippen molar-refractivity contribution >= 4 is 49.9 Å². The molecule has 0 saturated carbocycles. The van der Waals surface area contributed by atoms with E-state index >= 15 is 0 Å². The van der Waals surface area contributed by atoms with Gasteiger partial charge in [-0.25, -0.2) is 4.79 Å². The lowest BCUT2D eigenvalue weighted by Crippen LogP contribution is -2.03. The number of fused-ring (bicyclic) bond motifs is 3. The van der Waals surface area contributed by atoms with Crippen LogP contribution < -0.4 is 0 Å². The minimum absolute atomic E-state index is 0.338. The fourth-order valence-electron chi connectivity index (χ4n) is 3.64. The summed E-state index contributed by atoms with van der Waals surface area (Å²) in [6.07, 6.45) is 1.87. The number of hydrogen-bond acceptors (Lipinski definition) is 3. The molecule has 0 unspecified atom stereocenters. The van der Waals surface area contributed by atoms with Crippen LogP contribution in [0.4, 0.5) is 0 Å². The van der Waals surface area contributed by atoms with Crippen molar-refractivity contribution in [1.82, 2.24) is 4.57 Å². The smallest absolute Gasteiger partial charge is 0.337 e. The zero-order valence-electron chi connectivity index (χ0n) is 15.6. The van der Waals surface area contributed by atoms with Gasteiger partial charge in [0, 0.05) is 40.6 Å². The Morgan fingerprint density at radius 1 is 1.11 bits per heavy atom. The maximum atomic E-state index is 12.1. The molecule has 0 atom stereocenters. The van der Waals surface area contributed by atoms with Crippen molar-refractivity contribution in [2.24, 2.45) is 4.99 Å². The summed E-state index contributed by atoms with van der Waals surface area (Å²) < 4.78 is 8.15. The molecule has 5 heteroatoms. The van der Waals surface area contributed by atoms with E-state index in [4.69, 9.17) is 4.74 Å².